The molecule has 0 bridgehead atoms. The van der Waals surface area contributed by atoms with Gasteiger partial charge in [0.25, 0.3) is 0 Å². The first kappa shape index (κ1) is 13.1. The van der Waals surface area contributed by atoms with E-state index in [-0.39, 0.29) is 30.2 Å². The van der Waals surface area contributed by atoms with Gasteiger partial charge in [-0.25, -0.2) is 9.18 Å². The summed E-state index contributed by atoms with van der Waals surface area (Å²) in [6.07, 6.45) is 1.89. The molecule has 1 fully saturated rings. The number of carbonyl (C=O) groups excluding carboxylic acids is 1. The summed E-state index contributed by atoms with van der Waals surface area (Å²) in [6, 6.07) is 3.96. The van der Waals surface area contributed by atoms with Crippen LogP contribution in [0.4, 0.5) is 14.9 Å². The van der Waals surface area contributed by atoms with Crippen LogP contribution in [0.2, 0.25) is 5.02 Å². The minimum Gasteiger partial charge on any atom is -0.395 e. The van der Waals surface area contributed by atoms with Gasteiger partial charge < -0.3 is 15.3 Å². The van der Waals surface area contributed by atoms with E-state index in [9.17, 15) is 9.18 Å². The van der Waals surface area contributed by atoms with Crippen LogP contribution >= 0.6 is 11.6 Å². The molecule has 1 saturated carbocycles. The van der Waals surface area contributed by atoms with E-state index in [4.69, 9.17) is 16.7 Å². The van der Waals surface area contributed by atoms with Crippen LogP contribution in [0, 0.1) is 5.82 Å². The highest BCUT2D eigenvalue weighted by atomic mass is 35.5. The SMILES string of the molecule is O=C(Nc1ccc(Cl)c(F)c1)N(CCO)C1CC1. The number of halogens is 2. The zero-order valence-corrected chi connectivity index (χ0v) is 10.5. The van der Waals surface area contributed by atoms with Gasteiger partial charge >= 0.3 is 6.03 Å². The van der Waals surface area contributed by atoms with Crippen LogP contribution in [0.5, 0.6) is 0 Å². The molecule has 0 heterocycles. The van der Waals surface area contributed by atoms with Gasteiger partial charge in [-0.1, -0.05) is 11.6 Å². The number of nitrogens with zero attached hydrogens (tertiary/aromatic N) is 1. The number of rotatable bonds is 4. The second-order valence-corrected chi connectivity index (χ2v) is 4.61. The van der Waals surface area contributed by atoms with E-state index in [1.54, 1.807) is 4.90 Å². The minimum atomic E-state index is -0.574. The average molecular weight is 273 g/mol. The molecule has 2 amide bonds. The summed E-state index contributed by atoms with van der Waals surface area (Å²) in [6.45, 7) is 0.200. The normalized spacial score (nSPS) is 14.4. The van der Waals surface area contributed by atoms with E-state index in [1.807, 2.05) is 0 Å². The van der Waals surface area contributed by atoms with Crippen LogP contribution in [0.25, 0.3) is 0 Å². The highest BCUT2D eigenvalue weighted by Crippen LogP contribution is 2.27. The summed E-state index contributed by atoms with van der Waals surface area (Å²) in [5.41, 5.74) is 0.352. The number of hydrogen-bond donors (Lipinski definition) is 2. The van der Waals surface area contributed by atoms with Gasteiger partial charge in [0.1, 0.15) is 5.82 Å². The molecule has 1 aliphatic rings. The van der Waals surface area contributed by atoms with Gasteiger partial charge in [-0.15, -0.1) is 0 Å². The molecule has 1 aromatic rings. The van der Waals surface area contributed by atoms with E-state index in [0.717, 1.165) is 12.8 Å². The zero-order valence-electron chi connectivity index (χ0n) is 9.70. The number of nitrogens with one attached hydrogen (secondary N) is 1. The van der Waals surface area contributed by atoms with Crippen LogP contribution in [-0.4, -0.2) is 35.2 Å². The average Bonchev–Trinajstić information content (AvgIpc) is 3.15. The molecule has 98 valence electrons. The Hall–Kier alpha value is -1.33. The molecule has 6 heteroatoms. The molecule has 0 unspecified atom stereocenters. The summed E-state index contributed by atoms with van der Waals surface area (Å²) < 4.78 is 13.2. The quantitative estimate of drug-likeness (QED) is 0.885. The predicted octanol–water partition coefficient (Wildman–Crippen LogP) is 2.47. The van der Waals surface area contributed by atoms with Crippen molar-refractivity contribution in [3.8, 4) is 0 Å². The van der Waals surface area contributed by atoms with E-state index < -0.39 is 5.82 Å². The number of amides is 2. The summed E-state index contributed by atoms with van der Waals surface area (Å²) in [7, 11) is 0. The Morgan fingerprint density at radius 2 is 2.28 bits per heavy atom. The van der Waals surface area contributed by atoms with E-state index in [1.165, 1.54) is 18.2 Å². The van der Waals surface area contributed by atoms with Crippen molar-refractivity contribution in [3.63, 3.8) is 0 Å². The first-order valence-electron chi connectivity index (χ1n) is 5.75. The largest absolute Gasteiger partial charge is 0.395 e. The topological polar surface area (TPSA) is 52.6 Å². The van der Waals surface area contributed by atoms with Crippen LogP contribution in [0.15, 0.2) is 18.2 Å². The van der Waals surface area contributed by atoms with Crippen molar-refractivity contribution in [1.82, 2.24) is 4.90 Å². The van der Waals surface area contributed by atoms with Crippen molar-refractivity contribution in [2.45, 2.75) is 18.9 Å². The standard InChI is InChI=1S/C12H14ClFN2O2/c13-10-4-1-8(7-11(10)14)15-12(18)16(5-6-17)9-2-3-9/h1,4,7,9,17H,2-3,5-6H2,(H,15,18). The zero-order chi connectivity index (χ0) is 13.1. The molecular weight excluding hydrogens is 259 g/mol. The van der Waals surface area contributed by atoms with Crippen molar-refractivity contribution >= 4 is 23.3 Å². The number of carbonyl (C=O) groups is 1. The van der Waals surface area contributed by atoms with Gasteiger partial charge in [0, 0.05) is 18.3 Å². The summed E-state index contributed by atoms with van der Waals surface area (Å²) in [5, 5.41) is 11.5. The van der Waals surface area contributed by atoms with Crippen LogP contribution in [0.3, 0.4) is 0 Å². The van der Waals surface area contributed by atoms with Crippen LogP contribution < -0.4 is 5.32 Å². The molecule has 0 aliphatic heterocycles. The lowest BCUT2D eigenvalue weighted by molar-refractivity contribution is 0.185. The highest BCUT2D eigenvalue weighted by Gasteiger charge is 2.32. The highest BCUT2D eigenvalue weighted by molar-refractivity contribution is 6.30. The number of aliphatic hydroxyl groups excluding tert-OH is 1. The Morgan fingerprint density at radius 3 is 2.83 bits per heavy atom. The second kappa shape index (κ2) is 5.54. The fraction of sp³-hybridized carbons (Fsp3) is 0.417. The van der Waals surface area contributed by atoms with Crippen molar-refractivity contribution in [2.24, 2.45) is 0 Å². The number of hydrogen-bond acceptors (Lipinski definition) is 2. The first-order valence-corrected chi connectivity index (χ1v) is 6.13. The van der Waals surface area contributed by atoms with Gasteiger partial charge in [0.05, 0.1) is 11.6 Å². The maximum atomic E-state index is 13.2. The third-order valence-corrected chi connectivity index (χ3v) is 3.07. The van der Waals surface area contributed by atoms with Crippen molar-refractivity contribution in [3.05, 3.63) is 29.0 Å². The Labute approximate surface area is 109 Å². The number of anilines is 1. The van der Waals surface area contributed by atoms with Gasteiger partial charge in [0.2, 0.25) is 0 Å². The van der Waals surface area contributed by atoms with Crippen molar-refractivity contribution in [2.75, 3.05) is 18.5 Å². The summed E-state index contributed by atoms with van der Waals surface area (Å²) in [4.78, 5) is 13.5. The van der Waals surface area contributed by atoms with Crippen LogP contribution in [0.1, 0.15) is 12.8 Å². The first-order chi connectivity index (χ1) is 8.61. The summed E-state index contributed by atoms with van der Waals surface area (Å²) in [5.74, 6) is -0.574. The fourth-order valence-corrected chi connectivity index (χ4v) is 1.83. The van der Waals surface area contributed by atoms with Crippen molar-refractivity contribution in [1.29, 1.82) is 0 Å². The molecule has 0 radical (unpaired) electrons. The number of aliphatic hydroxyl groups is 1. The number of benzene rings is 1. The molecule has 18 heavy (non-hydrogen) atoms. The predicted molar refractivity (Wildman–Crippen MR) is 67.2 cm³/mol. The Bertz CT molecular complexity index is 452. The third kappa shape index (κ3) is 3.11. The van der Waals surface area contributed by atoms with E-state index in [2.05, 4.69) is 5.32 Å². The second-order valence-electron chi connectivity index (χ2n) is 4.21. The fourth-order valence-electron chi connectivity index (χ4n) is 1.71. The monoisotopic (exact) mass is 272 g/mol. The molecule has 1 aliphatic carbocycles. The lowest BCUT2D eigenvalue weighted by Gasteiger charge is -2.21. The molecule has 0 spiro atoms. The molecular formula is C12H14ClFN2O2. The van der Waals surface area contributed by atoms with E-state index >= 15 is 0 Å². The van der Waals surface area contributed by atoms with Crippen molar-refractivity contribution < 1.29 is 14.3 Å². The van der Waals surface area contributed by atoms with Gasteiger partial charge in [0.15, 0.2) is 0 Å². The lowest BCUT2D eigenvalue weighted by atomic mass is 10.3. The third-order valence-electron chi connectivity index (χ3n) is 2.76. The Kier molecular flexibility index (Phi) is 4.04. The maximum Gasteiger partial charge on any atom is 0.322 e. The Morgan fingerprint density at radius 1 is 1.56 bits per heavy atom. The van der Waals surface area contributed by atoms with E-state index in [0.29, 0.717) is 5.69 Å². The molecule has 0 atom stereocenters. The minimum absolute atomic E-state index is 0.0161. The van der Waals surface area contributed by atoms with Gasteiger partial charge in [-0.3, -0.25) is 0 Å². The molecule has 2 N–H and O–H groups in total. The smallest absolute Gasteiger partial charge is 0.322 e. The van der Waals surface area contributed by atoms with Gasteiger partial charge in [-0.05, 0) is 31.0 Å². The molecule has 1 aromatic carbocycles. The molecule has 4 nitrogen and oxygen atoms in total. The Balaban J connectivity index is 2.02. The molecule has 0 saturated heterocycles. The van der Waals surface area contributed by atoms with Crippen LogP contribution in [-0.2, 0) is 0 Å². The van der Waals surface area contributed by atoms with Gasteiger partial charge in [-0.2, -0.15) is 0 Å². The molecule has 2 rings (SSSR count). The lowest BCUT2D eigenvalue weighted by Crippen LogP contribution is -2.38. The number of urea groups is 1. The molecule has 0 aromatic heterocycles. The summed E-state index contributed by atoms with van der Waals surface area (Å²) >= 11 is 5.56. The maximum absolute atomic E-state index is 13.2.